The normalized spacial score (nSPS) is 16.2. The number of ether oxygens (including phenoxy) is 1. The molecule has 3 nitrogen and oxygen atoms in total. The van der Waals surface area contributed by atoms with Crippen molar-refractivity contribution in [2.24, 2.45) is 5.41 Å². The Morgan fingerprint density at radius 1 is 1.31 bits per heavy atom. The SMILES string of the molecule is CCCCOc1cc2c(cc1Cl)-c1cc(=O)c(I)cn1C(C(C)(C)C)C2. The summed E-state index contributed by atoms with van der Waals surface area (Å²) in [7, 11) is 0. The van der Waals surface area contributed by atoms with Crippen LogP contribution in [0.3, 0.4) is 0 Å². The lowest BCUT2D eigenvalue weighted by atomic mass is 9.79. The van der Waals surface area contributed by atoms with Crippen LogP contribution in [-0.4, -0.2) is 11.2 Å². The first-order valence-corrected chi connectivity index (χ1v) is 10.5. The molecule has 0 saturated heterocycles. The number of rotatable bonds is 4. The van der Waals surface area contributed by atoms with E-state index in [4.69, 9.17) is 16.3 Å². The summed E-state index contributed by atoms with van der Waals surface area (Å²) in [5.41, 5.74) is 3.29. The maximum absolute atomic E-state index is 12.3. The van der Waals surface area contributed by atoms with Gasteiger partial charge in [-0.2, -0.15) is 0 Å². The number of hydrogen-bond donors (Lipinski definition) is 0. The van der Waals surface area contributed by atoms with Crippen LogP contribution in [0.5, 0.6) is 5.75 Å². The molecule has 1 aromatic carbocycles. The lowest BCUT2D eigenvalue weighted by Crippen LogP contribution is -2.32. The highest BCUT2D eigenvalue weighted by atomic mass is 127. The Morgan fingerprint density at radius 2 is 2.04 bits per heavy atom. The van der Waals surface area contributed by atoms with Gasteiger partial charge in [-0.05, 0) is 58.5 Å². The number of benzene rings is 1. The van der Waals surface area contributed by atoms with Crippen LogP contribution >= 0.6 is 34.2 Å². The van der Waals surface area contributed by atoms with Gasteiger partial charge < -0.3 is 9.30 Å². The molecule has 0 amide bonds. The van der Waals surface area contributed by atoms with E-state index < -0.39 is 0 Å². The molecule has 26 heavy (non-hydrogen) atoms. The largest absolute Gasteiger partial charge is 0.492 e. The van der Waals surface area contributed by atoms with Gasteiger partial charge in [0.2, 0.25) is 0 Å². The van der Waals surface area contributed by atoms with Gasteiger partial charge in [-0.1, -0.05) is 45.7 Å². The number of unbranched alkanes of at least 4 members (excludes halogenated alkanes) is 1. The van der Waals surface area contributed by atoms with Crippen LogP contribution in [-0.2, 0) is 6.42 Å². The van der Waals surface area contributed by atoms with Gasteiger partial charge >= 0.3 is 0 Å². The number of nitrogens with zero attached hydrogens (tertiary/aromatic N) is 1. The Bertz CT molecular complexity index is 883. The summed E-state index contributed by atoms with van der Waals surface area (Å²) in [6, 6.07) is 6.03. The van der Waals surface area contributed by atoms with Gasteiger partial charge in [-0.25, -0.2) is 0 Å². The molecule has 1 unspecified atom stereocenters. The molecule has 0 N–H and O–H groups in total. The van der Waals surface area contributed by atoms with E-state index in [0.717, 1.165) is 39.8 Å². The summed E-state index contributed by atoms with van der Waals surface area (Å²) >= 11 is 8.61. The number of fused-ring (bicyclic) bond motifs is 3. The molecule has 1 atom stereocenters. The van der Waals surface area contributed by atoms with Crippen molar-refractivity contribution in [1.29, 1.82) is 0 Å². The highest BCUT2D eigenvalue weighted by Gasteiger charge is 2.33. The summed E-state index contributed by atoms with van der Waals surface area (Å²) in [6.07, 6.45) is 4.97. The van der Waals surface area contributed by atoms with Crippen molar-refractivity contribution in [3.05, 3.63) is 48.8 Å². The first-order chi connectivity index (χ1) is 12.2. The Morgan fingerprint density at radius 3 is 2.69 bits per heavy atom. The minimum atomic E-state index is 0.0525. The molecule has 0 bridgehead atoms. The van der Waals surface area contributed by atoms with Crippen molar-refractivity contribution < 1.29 is 4.74 Å². The van der Waals surface area contributed by atoms with Gasteiger partial charge in [-0.3, -0.25) is 4.79 Å². The molecule has 0 radical (unpaired) electrons. The minimum Gasteiger partial charge on any atom is -0.492 e. The summed E-state index contributed by atoms with van der Waals surface area (Å²) in [6.45, 7) is 9.54. The fourth-order valence-corrected chi connectivity index (χ4v) is 4.14. The van der Waals surface area contributed by atoms with Gasteiger partial charge in [-0.15, -0.1) is 0 Å². The molecule has 2 heterocycles. The van der Waals surface area contributed by atoms with E-state index in [-0.39, 0.29) is 16.9 Å². The Balaban J connectivity index is 2.14. The van der Waals surface area contributed by atoms with E-state index >= 15 is 0 Å². The molecule has 1 aliphatic rings. The number of halogens is 2. The predicted octanol–water partition coefficient (Wildman–Crippen LogP) is 6.10. The second-order valence-electron chi connectivity index (χ2n) is 8.01. The summed E-state index contributed by atoms with van der Waals surface area (Å²) in [4.78, 5) is 12.3. The quantitative estimate of drug-likeness (QED) is 0.387. The highest BCUT2D eigenvalue weighted by Crippen LogP contribution is 2.45. The second-order valence-corrected chi connectivity index (χ2v) is 9.58. The van der Waals surface area contributed by atoms with E-state index in [1.807, 2.05) is 12.3 Å². The zero-order chi connectivity index (χ0) is 19.1. The van der Waals surface area contributed by atoms with Crippen molar-refractivity contribution in [3.8, 4) is 17.0 Å². The highest BCUT2D eigenvalue weighted by molar-refractivity contribution is 14.1. The van der Waals surface area contributed by atoms with Gasteiger partial charge in [0.1, 0.15) is 5.75 Å². The number of pyridine rings is 1. The van der Waals surface area contributed by atoms with Crippen molar-refractivity contribution in [2.75, 3.05) is 6.61 Å². The molecule has 5 heteroatoms. The molecule has 2 aromatic rings. The summed E-state index contributed by atoms with van der Waals surface area (Å²) in [5, 5.41) is 0.603. The van der Waals surface area contributed by atoms with Crippen LogP contribution < -0.4 is 10.2 Å². The van der Waals surface area contributed by atoms with Crippen LogP contribution in [0.1, 0.15) is 52.1 Å². The molecule has 0 saturated carbocycles. The average Bonchev–Trinajstić information content (AvgIpc) is 2.56. The van der Waals surface area contributed by atoms with Crippen LogP contribution in [0.4, 0.5) is 0 Å². The maximum atomic E-state index is 12.3. The monoisotopic (exact) mass is 485 g/mol. The third-order valence-electron chi connectivity index (χ3n) is 4.97. The van der Waals surface area contributed by atoms with Crippen molar-refractivity contribution in [2.45, 2.75) is 53.0 Å². The standard InChI is InChI=1S/C21H25ClINO2/c1-5-6-7-26-19-8-13-9-20(21(2,3)4)24-12-16(23)18(25)11-17(24)14(13)10-15(19)22/h8,10-12,20H,5-7,9H2,1-4H3. The fourth-order valence-electron chi connectivity index (χ4n) is 3.47. The molecule has 3 rings (SSSR count). The van der Waals surface area contributed by atoms with Gasteiger partial charge in [0.15, 0.2) is 5.43 Å². The van der Waals surface area contributed by atoms with Crippen LogP contribution in [0.25, 0.3) is 11.3 Å². The maximum Gasteiger partial charge on any atom is 0.195 e. The van der Waals surface area contributed by atoms with E-state index in [9.17, 15) is 4.79 Å². The van der Waals surface area contributed by atoms with E-state index in [0.29, 0.717) is 11.6 Å². The van der Waals surface area contributed by atoms with Gasteiger partial charge in [0.05, 0.1) is 20.9 Å². The molecular formula is C21H25ClINO2. The van der Waals surface area contributed by atoms with Crippen LogP contribution in [0.15, 0.2) is 29.2 Å². The summed E-state index contributed by atoms with van der Waals surface area (Å²) in [5.74, 6) is 0.743. The molecule has 1 aliphatic heterocycles. The first-order valence-electron chi connectivity index (χ1n) is 9.09. The third-order valence-corrected chi connectivity index (χ3v) is 6.08. The van der Waals surface area contributed by atoms with Gasteiger partial charge in [0, 0.05) is 23.9 Å². The lowest BCUT2D eigenvalue weighted by Gasteiger charge is -2.39. The van der Waals surface area contributed by atoms with Crippen molar-refractivity contribution in [1.82, 2.24) is 4.57 Å². The van der Waals surface area contributed by atoms with Crippen molar-refractivity contribution >= 4 is 34.2 Å². The molecule has 0 fully saturated rings. The Hall–Kier alpha value is -1.01. The third kappa shape index (κ3) is 3.81. The fraction of sp³-hybridized carbons (Fsp3) is 0.476. The Kier molecular flexibility index (Phi) is 5.73. The first kappa shape index (κ1) is 19.7. The average molecular weight is 486 g/mol. The number of aromatic nitrogens is 1. The van der Waals surface area contributed by atoms with Gasteiger partial charge in [0.25, 0.3) is 0 Å². The smallest absolute Gasteiger partial charge is 0.195 e. The lowest BCUT2D eigenvalue weighted by molar-refractivity contribution is 0.237. The zero-order valence-electron chi connectivity index (χ0n) is 15.7. The zero-order valence-corrected chi connectivity index (χ0v) is 18.6. The summed E-state index contributed by atoms with van der Waals surface area (Å²) < 4.78 is 8.89. The molecule has 1 aromatic heterocycles. The molecule has 0 aliphatic carbocycles. The second kappa shape index (κ2) is 7.55. The van der Waals surface area contributed by atoms with E-state index in [1.165, 1.54) is 5.56 Å². The van der Waals surface area contributed by atoms with E-state index in [1.54, 1.807) is 6.07 Å². The topological polar surface area (TPSA) is 31.2 Å². The molecule has 140 valence electrons. The molecular weight excluding hydrogens is 461 g/mol. The van der Waals surface area contributed by atoms with Crippen LogP contribution in [0, 0.1) is 8.99 Å². The Labute approximate surface area is 173 Å². The van der Waals surface area contributed by atoms with Crippen LogP contribution in [0.2, 0.25) is 5.02 Å². The molecule has 0 spiro atoms. The van der Waals surface area contributed by atoms with Crippen molar-refractivity contribution in [3.63, 3.8) is 0 Å². The van der Waals surface area contributed by atoms with E-state index in [2.05, 4.69) is 60.9 Å². The minimum absolute atomic E-state index is 0.0525. The number of hydrogen-bond acceptors (Lipinski definition) is 2. The predicted molar refractivity (Wildman–Crippen MR) is 116 cm³/mol.